The lowest BCUT2D eigenvalue weighted by atomic mass is 10.0. The van der Waals surface area contributed by atoms with Crippen molar-refractivity contribution in [3.8, 4) is 0 Å². The first kappa shape index (κ1) is 15.6. The Morgan fingerprint density at radius 3 is 2.42 bits per heavy atom. The molecule has 0 aromatic heterocycles. The number of hydrogen-bond acceptors (Lipinski definition) is 4. The largest absolute Gasteiger partial charge is 0.273 e. The molecule has 0 aliphatic rings. The number of nitro groups is 1. The van der Waals surface area contributed by atoms with Crippen molar-refractivity contribution in [3.63, 3.8) is 0 Å². The first-order valence-corrected chi connectivity index (χ1v) is 7.36. The highest BCUT2D eigenvalue weighted by atomic mass is 32.2. The van der Waals surface area contributed by atoms with Crippen LogP contribution in [0.25, 0.3) is 0 Å². The second-order valence-electron chi connectivity index (χ2n) is 5.05. The van der Waals surface area contributed by atoms with Crippen molar-refractivity contribution in [2.24, 2.45) is 0 Å². The lowest BCUT2D eigenvalue weighted by Crippen LogP contribution is -2.42. The van der Waals surface area contributed by atoms with Crippen LogP contribution in [0.1, 0.15) is 32.8 Å². The quantitative estimate of drug-likeness (QED) is 0.664. The smallest absolute Gasteiger partial charge is 0.258 e. The van der Waals surface area contributed by atoms with Gasteiger partial charge in [0.15, 0.2) is 0 Å². The number of nitrogens with one attached hydrogen (secondary N) is 1. The van der Waals surface area contributed by atoms with Crippen molar-refractivity contribution >= 4 is 15.7 Å². The normalized spacial score (nSPS) is 12.4. The molecule has 19 heavy (non-hydrogen) atoms. The number of nitrogens with zero attached hydrogens (tertiary/aromatic N) is 1. The van der Waals surface area contributed by atoms with Gasteiger partial charge in [-0.2, -0.15) is 0 Å². The van der Waals surface area contributed by atoms with Gasteiger partial charge in [-0.05, 0) is 33.3 Å². The first-order chi connectivity index (χ1) is 8.59. The highest BCUT2D eigenvalue weighted by molar-refractivity contribution is 7.89. The minimum absolute atomic E-state index is 0.0914. The van der Waals surface area contributed by atoms with Gasteiger partial charge in [-0.3, -0.25) is 10.1 Å². The van der Waals surface area contributed by atoms with Crippen molar-refractivity contribution in [1.82, 2.24) is 4.72 Å². The van der Waals surface area contributed by atoms with E-state index in [-0.39, 0.29) is 10.6 Å². The van der Waals surface area contributed by atoms with E-state index >= 15 is 0 Å². The average molecular weight is 286 g/mol. The fourth-order valence-electron chi connectivity index (χ4n) is 1.45. The molecule has 0 unspecified atom stereocenters. The van der Waals surface area contributed by atoms with Crippen molar-refractivity contribution in [2.45, 2.75) is 44.6 Å². The van der Waals surface area contributed by atoms with Gasteiger partial charge in [0.2, 0.25) is 10.0 Å². The molecule has 0 saturated carbocycles. The van der Waals surface area contributed by atoms with Gasteiger partial charge in [-0.15, -0.1) is 0 Å². The Balaban J connectivity index is 3.23. The summed E-state index contributed by atoms with van der Waals surface area (Å²) < 4.78 is 26.9. The van der Waals surface area contributed by atoms with Crippen LogP contribution < -0.4 is 4.72 Å². The zero-order valence-corrected chi connectivity index (χ0v) is 12.2. The molecule has 106 valence electrons. The van der Waals surface area contributed by atoms with Crippen LogP contribution in [0.5, 0.6) is 0 Å². The molecule has 6 nitrogen and oxygen atoms in total. The van der Waals surface area contributed by atoms with Crippen LogP contribution in [-0.2, 0) is 10.0 Å². The SMILES string of the molecule is CCC(C)(C)NS(=O)(=O)c1ccc(C)c([N+](=O)[O-])c1. The van der Waals surface area contributed by atoms with E-state index in [1.54, 1.807) is 20.8 Å². The van der Waals surface area contributed by atoms with Gasteiger partial charge in [0.05, 0.1) is 9.82 Å². The van der Waals surface area contributed by atoms with Gasteiger partial charge >= 0.3 is 0 Å². The Labute approximate surface area is 113 Å². The van der Waals surface area contributed by atoms with Crippen molar-refractivity contribution in [3.05, 3.63) is 33.9 Å². The third-order valence-corrected chi connectivity index (χ3v) is 4.68. The topological polar surface area (TPSA) is 89.3 Å². The molecule has 1 aromatic rings. The lowest BCUT2D eigenvalue weighted by molar-refractivity contribution is -0.385. The molecule has 7 heteroatoms. The van der Waals surface area contributed by atoms with E-state index in [9.17, 15) is 18.5 Å². The summed E-state index contributed by atoms with van der Waals surface area (Å²) >= 11 is 0. The van der Waals surface area contributed by atoms with E-state index in [2.05, 4.69) is 4.72 Å². The van der Waals surface area contributed by atoms with E-state index in [0.29, 0.717) is 12.0 Å². The highest BCUT2D eigenvalue weighted by Gasteiger charge is 2.26. The van der Waals surface area contributed by atoms with Crippen LogP contribution >= 0.6 is 0 Å². The van der Waals surface area contributed by atoms with Gasteiger partial charge < -0.3 is 0 Å². The number of nitro benzene ring substituents is 1. The predicted molar refractivity (Wildman–Crippen MR) is 72.5 cm³/mol. The van der Waals surface area contributed by atoms with Crippen LogP contribution in [0.3, 0.4) is 0 Å². The number of sulfonamides is 1. The number of hydrogen-bond donors (Lipinski definition) is 1. The van der Waals surface area contributed by atoms with Crippen LogP contribution in [-0.4, -0.2) is 18.9 Å². The Morgan fingerprint density at radius 1 is 1.37 bits per heavy atom. The zero-order chi connectivity index (χ0) is 14.8. The molecule has 0 fully saturated rings. The van der Waals surface area contributed by atoms with E-state index < -0.39 is 20.5 Å². The van der Waals surface area contributed by atoms with E-state index in [1.165, 1.54) is 12.1 Å². The summed E-state index contributed by atoms with van der Waals surface area (Å²) in [6.07, 6.45) is 0.611. The monoisotopic (exact) mass is 286 g/mol. The fraction of sp³-hybridized carbons (Fsp3) is 0.500. The third-order valence-electron chi connectivity index (χ3n) is 2.98. The summed E-state index contributed by atoms with van der Waals surface area (Å²) in [4.78, 5) is 10.2. The summed E-state index contributed by atoms with van der Waals surface area (Å²) in [5, 5.41) is 10.8. The molecule has 0 saturated heterocycles. The second-order valence-corrected chi connectivity index (χ2v) is 6.73. The highest BCUT2D eigenvalue weighted by Crippen LogP contribution is 2.23. The second kappa shape index (κ2) is 5.26. The minimum Gasteiger partial charge on any atom is -0.258 e. The first-order valence-electron chi connectivity index (χ1n) is 5.88. The molecule has 0 amide bonds. The van der Waals surface area contributed by atoms with Gasteiger partial charge in [0, 0.05) is 17.2 Å². The Hall–Kier alpha value is -1.47. The van der Waals surface area contributed by atoms with Gasteiger partial charge in [-0.1, -0.05) is 13.0 Å². The Bertz CT molecular complexity index is 594. The van der Waals surface area contributed by atoms with Crippen molar-refractivity contribution in [2.75, 3.05) is 0 Å². The van der Waals surface area contributed by atoms with E-state index in [0.717, 1.165) is 6.07 Å². The van der Waals surface area contributed by atoms with Crippen LogP contribution in [0, 0.1) is 17.0 Å². The Morgan fingerprint density at radius 2 is 1.95 bits per heavy atom. The summed E-state index contributed by atoms with van der Waals surface area (Å²) in [5.41, 5.74) is -0.366. The molecular formula is C12H18N2O4S. The average Bonchev–Trinajstić information content (AvgIpc) is 2.27. The maximum atomic E-state index is 12.2. The zero-order valence-electron chi connectivity index (χ0n) is 11.4. The van der Waals surface area contributed by atoms with E-state index in [1.807, 2.05) is 6.92 Å². The minimum atomic E-state index is -3.76. The summed E-state index contributed by atoms with van der Waals surface area (Å²) in [6.45, 7) is 6.94. The summed E-state index contributed by atoms with van der Waals surface area (Å²) in [7, 11) is -3.76. The molecule has 0 bridgehead atoms. The molecule has 1 rings (SSSR count). The van der Waals surface area contributed by atoms with Crippen molar-refractivity contribution in [1.29, 1.82) is 0 Å². The molecule has 0 aliphatic heterocycles. The molecule has 0 spiro atoms. The molecule has 1 N–H and O–H groups in total. The molecule has 0 atom stereocenters. The molecule has 0 heterocycles. The molecule has 0 aliphatic carbocycles. The van der Waals surface area contributed by atoms with Gasteiger partial charge in [0.1, 0.15) is 0 Å². The maximum Gasteiger partial charge on any atom is 0.273 e. The molecule has 1 aromatic carbocycles. The number of aryl methyl sites for hydroxylation is 1. The summed E-state index contributed by atoms with van der Waals surface area (Å²) in [5.74, 6) is 0. The van der Waals surface area contributed by atoms with Gasteiger partial charge in [0.25, 0.3) is 5.69 Å². The third kappa shape index (κ3) is 3.74. The van der Waals surface area contributed by atoms with Crippen LogP contribution in [0.4, 0.5) is 5.69 Å². The Kier molecular flexibility index (Phi) is 4.32. The molecule has 0 radical (unpaired) electrons. The maximum absolute atomic E-state index is 12.2. The summed E-state index contributed by atoms with van der Waals surface area (Å²) in [6, 6.07) is 3.89. The van der Waals surface area contributed by atoms with Crippen LogP contribution in [0.15, 0.2) is 23.1 Å². The van der Waals surface area contributed by atoms with Crippen LogP contribution in [0.2, 0.25) is 0 Å². The fourth-order valence-corrected chi connectivity index (χ4v) is 2.95. The number of rotatable bonds is 5. The standard InChI is InChI=1S/C12H18N2O4S/c1-5-12(3,4)13-19(17,18)10-7-6-9(2)11(8-10)14(15)16/h6-8,13H,5H2,1-4H3. The van der Waals surface area contributed by atoms with E-state index in [4.69, 9.17) is 0 Å². The molecular weight excluding hydrogens is 268 g/mol. The van der Waals surface area contributed by atoms with Gasteiger partial charge in [-0.25, -0.2) is 13.1 Å². The number of benzene rings is 1. The van der Waals surface area contributed by atoms with Crippen molar-refractivity contribution < 1.29 is 13.3 Å². The predicted octanol–water partition coefficient (Wildman–Crippen LogP) is 2.37. The lowest BCUT2D eigenvalue weighted by Gasteiger charge is -2.24.